The maximum atomic E-state index is 6.08. The van der Waals surface area contributed by atoms with Crippen molar-refractivity contribution in [2.45, 2.75) is 38.2 Å². The third-order valence-electron chi connectivity index (χ3n) is 2.63. The van der Waals surface area contributed by atoms with Crippen molar-refractivity contribution in [2.75, 3.05) is 0 Å². The highest BCUT2D eigenvalue weighted by Gasteiger charge is 2.22. The summed E-state index contributed by atoms with van der Waals surface area (Å²) in [6.07, 6.45) is 0. The second-order valence-electron chi connectivity index (χ2n) is 4.32. The molecule has 1 nitrogen and oxygen atoms in total. The van der Waals surface area contributed by atoms with Crippen molar-refractivity contribution < 1.29 is 0 Å². The summed E-state index contributed by atoms with van der Waals surface area (Å²) in [6.45, 7) is 6.96. The minimum absolute atomic E-state index is 0.0795. The summed E-state index contributed by atoms with van der Waals surface area (Å²) in [7, 11) is 0. The maximum absolute atomic E-state index is 6.08. The Kier molecular flexibility index (Phi) is 4.45. The first-order valence-corrected chi connectivity index (χ1v) is 5.87. The number of hydrogen-bond acceptors (Lipinski definition) is 1. The largest absolute Gasteiger partial charge is 0.306 e. The lowest BCUT2D eigenvalue weighted by molar-refractivity contribution is 0.380. The summed E-state index contributed by atoms with van der Waals surface area (Å²) < 4.78 is 0. The Morgan fingerprint density at radius 2 is 2.07 bits per heavy atom. The molecule has 0 amide bonds. The van der Waals surface area contributed by atoms with Crippen molar-refractivity contribution >= 4 is 23.2 Å². The highest BCUT2D eigenvalue weighted by molar-refractivity contribution is 6.30. The van der Waals surface area contributed by atoms with Crippen molar-refractivity contribution in [1.29, 1.82) is 0 Å². The van der Waals surface area contributed by atoms with E-state index in [1.807, 2.05) is 31.2 Å². The summed E-state index contributed by atoms with van der Waals surface area (Å²) in [5.74, 6) is 0. The summed E-state index contributed by atoms with van der Waals surface area (Å²) in [6, 6.07) is 7.84. The van der Waals surface area contributed by atoms with Crippen LogP contribution in [0.4, 0.5) is 0 Å². The van der Waals surface area contributed by atoms with E-state index in [1.54, 1.807) is 0 Å². The molecule has 1 aromatic rings. The van der Waals surface area contributed by atoms with Gasteiger partial charge in [0, 0.05) is 22.5 Å². The van der Waals surface area contributed by atoms with E-state index in [1.165, 1.54) is 5.56 Å². The molecule has 0 fully saturated rings. The zero-order chi connectivity index (χ0) is 11.5. The number of hydrogen-bond donors (Lipinski definition) is 1. The van der Waals surface area contributed by atoms with Crippen LogP contribution in [-0.4, -0.2) is 10.9 Å². The van der Waals surface area contributed by atoms with Gasteiger partial charge < -0.3 is 5.32 Å². The van der Waals surface area contributed by atoms with Crippen LogP contribution in [0.15, 0.2) is 24.3 Å². The Morgan fingerprint density at radius 1 is 1.40 bits per heavy atom. The fourth-order valence-corrected chi connectivity index (χ4v) is 1.41. The average molecular weight is 246 g/mol. The number of nitrogens with one attached hydrogen (secondary N) is 1. The van der Waals surface area contributed by atoms with Gasteiger partial charge in [-0.15, -0.1) is 11.6 Å². The van der Waals surface area contributed by atoms with Gasteiger partial charge in [-0.25, -0.2) is 0 Å². The lowest BCUT2D eigenvalue weighted by Crippen LogP contribution is -2.45. The van der Waals surface area contributed by atoms with Crippen LogP contribution in [0.3, 0.4) is 0 Å². The van der Waals surface area contributed by atoms with Crippen molar-refractivity contribution in [3.63, 3.8) is 0 Å². The number of rotatable bonds is 4. The molecule has 0 aliphatic heterocycles. The molecule has 0 bridgehead atoms. The lowest BCUT2D eigenvalue weighted by atomic mass is 10.0. The fraction of sp³-hybridized carbons (Fsp3) is 0.500. The Bertz CT molecular complexity index is 321. The molecule has 15 heavy (non-hydrogen) atoms. The molecule has 1 aromatic carbocycles. The molecule has 84 valence electrons. The highest BCUT2D eigenvalue weighted by atomic mass is 35.5. The molecule has 0 aliphatic carbocycles. The summed E-state index contributed by atoms with van der Waals surface area (Å²) >= 11 is 12.0. The van der Waals surface area contributed by atoms with Gasteiger partial charge in [0.05, 0.1) is 0 Å². The molecule has 0 heterocycles. The van der Waals surface area contributed by atoms with Crippen molar-refractivity contribution in [2.24, 2.45) is 0 Å². The molecule has 1 N–H and O–H groups in total. The maximum Gasteiger partial charge on any atom is 0.0484 e. The standard InChI is InChI=1S/C12H17Cl2N/c1-9(13)12(2,3)15-8-10-5-4-6-11(14)7-10/h4-7,9,15H,8H2,1-3H3. The molecular weight excluding hydrogens is 229 g/mol. The second-order valence-corrected chi connectivity index (χ2v) is 5.41. The molecule has 0 radical (unpaired) electrons. The van der Waals surface area contributed by atoms with E-state index in [9.17, 15) is 0 Å². The van der Waals surface area contributed by atoms with E-state index < -0.39 is 0 Å². The first kappa shape index (κ1) is 12.8. The fourth-order valence-electron chi connectivity index (χ4n) is 1.12. The van der Waals surface area contributed by atoms with Crippen molar-refractivity contribution in [3.05, 3.63) is 34.9 Å². The predicted octanol–water partition coefficient (Wildman–Crippen LogP) is 3.84. The first-order chi connectivity index (χ1) is 6.92. The SMILES string of the molecule is CC(Cl)C(C)(C)NCc1cccc(Cl)c1. The van der Waals surface area contributed by atoms with Crippen LogP contribution in [0.1, 0.15) is 26.3 Å². The van der Waals surface area contributed by atoms with Gasteiger partial charge >= 0.3 is 0 Å². The highest BCUT2D eigenvalue weighted by Crippen LogP contribution is 2.16. The smallest absolute Gasteiger partial charge is 0.0484 e. The Morgan fingerprint density at radius 3 is 2.60 bits per heavy atom. The topological polar surface area (TPSA) is 12.0 Å². The van der Waals surface area contributed by atoms with E-state index in [2.05, 4.69) is 19.2 Å². The Labute approximate surface area is 102 Å². The van der Waals surface area contributed by atoms with E-state index in [0.717, 1.165) is 11.6 Å². The van der Waals surface area contributed by atoms with Crippen molar-refractivity contribution in [3.8, 4) is 0 Å². The van der Waals surface area contributed by atoms with Crippen LogP contribution in [0.25, 0.3) is 0 Å². The number of benzene rings is 1. The molecule has 0 aromatic heterocycles. The minimum atomic E-state index is -0.0795. The van der Waals surface area contributed by atoms with E-state index in [4.69, 9.17) is 23.2 Å². The molecule has 1 rings (SSSR count). The summed E-state index contributed by atoms with van der Waals surface area (Å²) in [5, 5.41) is 4.26. The van der Waals surface area contributed by atoms with Gasteiger partial charge in [0.1, 0.15) is 0 Å². The molecule has 0 saturated carbocycles. The van der Waals surface area contributed by atoms with Gasteiger partial charge in [0.25, 0.3) is 0 Å². The summed E-state index contributed by atoms with van der Waals surface area (Å²) in [5.41, 5.74) is 1.09. The van der Waals surface area contributed by atoms with Crippen LogP contribution < -0.4 is 5.32 Å². The van der Waals surface area contributed by atoms with Crippen LogP contribution in [0, 0.1) is 0 Å². The van der Waals surface area contributed by atoms with Crippen LogP contribution in [0.2, 0.25) is 5.02 Å². The zero-order valence-corrected chi connectivity index (χ0v) is 10.9. The molecule has 0 aliphatic rings. The van der Waals surface area contributed by atoms with E-state index in [-0.39, 0.29) is 10.9 Å². The first-order valence-electron chi connectivity index (χ1n) is 5.05. The minimum Gasteiger partial charge on any atom is -0.306 e. The molecule has 0 saturated heterocycles. The third-order valence-corrected chi connectivity index (χ3v) is 3.41. The Balaban J connectivity index is 2.57. The molecule has 1 atom stereocenters. The van der Waals surface area contributed by atoms with Gasteiger partial charge in [0.15, 0.2) is 0 Å². The average Bonchev–Trinajstić information content (AvgIpc) is 2.15. The van der Waals surface area contributed by atoms with Crippen molar-refractivity contribution in [1.82, 2.24) is 5.32 Å². The van der Waals surface area contributed by atoms with Gasteiger partial charge in [-0.05, 0) is 38.5 Å². The normalized spacial score (nSPS) is 13.9. The molecule has 0 spiro atoms. The van der Waals surface area contributed by atoms with Gasteiger partial charge in [-0.3, -0.25) is 0 Å². The van der Waals surface area contributed by atoms with E-state index in [0.29, 0.717) is 0 Å². The molecule has 1 unspecified atom stereocenters. The van der Waals surface area contributed by atoms with Gasteiger partial charge in [-0.2, -0.15) is 0 Å². The zero-order valence-electron chi connectivity index (χ0n) is 9.35. The summed E-state index contributed by atoms with van der Waals surface area (Å²) in [4.78, 5) is 0. The lowest BCUT2D eigenvalue weighted by Gasteiger charge is -2.29. The molecular formula is C12H17Cl2N. The monoisotopic (exact) mass is 245 g/mol. The predicted molar refractivity (Wildman–Crippen MR) is 67.7 cm³/mol. The van der Waals surface area contributed by atoms with Crippen LogP contribution in [0.5, 0.6) is 0 Å². The number of alkyl halides is 1. The molecule has 3 heteroatoms. The third kappa shape index (κ3) is 4.02. The Hall–Kier alpha value is -0.240. The van der Waals surface area contributed by atoms with Gasteiger partial charge in [0.2, 0.25) is 0 Å². The quantitative estimate of drug-likeness (QED) is 0.796. The second kappa shape index (κ2) is 5.20. The number of halogens is 2. The van der Waals surface area contributed by atoms with Gasteiger partial charge in [-0.1, -0.05) is 23.7 Å². The van der Waals surface area contributed by atoms with E-state index >= 15 is 0 Å². The van der Waals surface area contributed by atoms with Crippen LogP contribution >= 0.6 is 23.2 Å². The van der Waals surface area contributed by atoms with Crippen LogP contribution in [-0.2, 0) is 6.54 Å².